The summed E-state index contributed by atoms with van der Waals surface area (Å²) in [5, 5.41) is 7.31. The zero-order valence-corrected chi connectivity index (χ0v) is 15.8. The van der Waals surface area contributed by atoms with Crippen LogP contribution in [0.15, 0.2) is 91.3 Å². The van der Waals surface area contributed by atoms with Crippen molar-refractivity contribution >= 4 is 27.9 Å². The molecule has 0 unspecified atom stereocenters. The van der Waals surface area contributed by atoms with E-state index in [4.69, 9.17) is 16.3 Å². The molecule has 3 nitrogen and oxygen atoms in total. The van der Waals surface area contributed by atoms with Crippen molar-refractivity contribution in [2.75, 3.05) is 0 Å². The maximum Gasteiger partial charge on any atom is 0.146 e. The molecule has 2 heterocycles. The van der Waals surface area contributed by atoms with Crippen molar-refractivity contribution in [2.45, 2.75) is 6.61 Å². The van der Waals surface area contributed by atoms with Gasteiger partial charge in [0.25, 0.3) is 0 Å². The van der Waals surface area contributed by atoms with Gasteiger partial charge >= 0.3 is 0 Å². The number of rotatable bonds is 4. The van der Waals surface area contributed by atoms with Crippen molar-refractivity contribution < 1.29 is 4.74 Å². The number of hydrogen-bond acceptors (Lipinski definition) is 2. The fraction of sp³-hybridized carbons (Fsp3) is 0.0417. The van der Waals surface area contributed by atoms with Crippen molar-refractivity contribution in [1.29, 1.82) is 0 Å². The third kappa shape index (κ3) is 3.10. The van der Waals surface area contributed by atoms with Gasteiger partial charge in [0.2, 0.25) is 0 Å². The van der Waals surface area contributed by atoms with Gasteiger partial charge in [-0.15, -0.1) is 0 Å². The lowest BCUT2D eigenvalue weighted by Gasteiger charge is -2.12. The van der Waals surface area contributed by atoms with Gasteiger partial charge in [-0.3, -0.25) is 0 Å². The Labute approximate surface area is 167 Å². The molecule has 0 spiro atoms. The van der Waals surface area contributed by atoms with Crippen molar-refractivity contribution in [3.05, 3.63) is 102 Å². The molecule has 0 aliphatic rings. The van der Waals surface area contributed by atoms with Crippen molar-refractivity contribution in [3.8, 4) is 16.9 Å². The maximum atomic E-state index is 6.18. The van der Waals surface area contributed by atoms with Gasteiger partial charge in [0, 0.05) is 15.8 Å². The molecule has 0 atom stereocenters. The van der Waals surface area contributed by atoms with Gasteiger partial charge in [-0.1, -0.05) is 60.1 Å². The first kappa shape index (κ1) is 16.8. The van der Waals surface area contributed by atoms with E-state index in [0.717, 1.165) is 43.8 Å². The van der Waals surface area contributed by atoms with E-state index in [-0.39, 0.29) is 0 Å². The number of nitrogens with zero attached hydrogens (tertiary/aromatic N) is 2. The lowest BCUT2D eigenvalue weighted by Crippen LogP contribution is -1.99. The van der Waals surface area contributed by atoms with Gasteiger partial charge in [0.15, 0.2) is 0 Å². The van der Waals surface area contributed by atoms with Crippen LogP contribution in [-0.2, 0) is 6.61 Å². The van der Waals surface area contributed by atoms with Gasteiger partial charge in [0.1, 0.15) is 12.4 Å². The van der Waals surface area contributed by atoms with Gasteiger partial charge < -0.3 is 4.74 Å². The highest BCUT2D eigenvalue weighted by Gasteiger charge is 2.11. The molecule has 5 rings (SSSR count). The molecule has 2 aromatic heterocycles. The highest BCUT2D eigenvalue weighted by Crippen LogP contribution is 2.33. The quantitative estimate of drug-likeness (QED) is 0.359. The first-order valence-electron chi connectivity index (χ1n) is 9.11. The van der Waals surface area contributed by atoms with Crippen molar-refractivity contribution in [2.24, 2.45) is 0 Å². The van der Waals surface area contributed by atoms with Gasteiger partial charge in [0.05, 0.1) is 17.9 Å². The second-order valence-corrected chi connectivity index (χ2v) is 7.14. The number of ether oxygens (including phenoxy) is 1. The normalized spacial score (nSPS) is 11.2. The second-order valence-electron chi connectivity index (χ2n) is 6.70. The highest BCUT2D eigenvalue weighted by molar-refractivity contribution is 6.30. The summed E-state index contributed by atoms with van der Waals surface area (Å²) in [6.07, 6.45) is 3.75. The Morgan fingerprint density at radius 2 is 1.68 bits per heavy atom. The molecule has 0 saturated carbocycles. The Kier molecular flexibility index (Phi) is 4.22. The molecule has 3 aromatic carbocycles. The van der Waals surface area contributed by atoms with Crippen molar-refractivity contribution in [3.63, 3.8) is 0 Å². The summed E-state index contributed by atoms with van der Waals surface area (Å²) < 4.78 is 8.03. The fourth-order valence-electron chi connectivity index (χ4n) is 3.48. The third-order valence-corrected chi connectivity index (χ3v) is 5.10. The van der Waals surface area contributed by atoms with E-state index in [1.807, 2.05) is 59.4 Å². The van der Waals surface area contributed by atoms with Gasteiger partial charge in [-0.05, 0) is 47.0 Å². The van der Waals surface area contributed by atoms with Crippen LogP contribution in [0, 0.1) is 0 Å². The Balaban J connectivity index is 1.62. The maximum absolute atomic E-state index is 6.18. The predicted molar refractivity (Wildman–Crippen MR) is 114 cm³/mol. The molecule has 0 aliphatic heterocycles. The average molecular weight is 385 g/mol. The van der Waals surface area contributed by atoms with E-state index < -0.39 is 0 Å². The minimum absolute atomic E-state index is 0.513. The molecule has 28 heavy (non-hydrogen) atoms. The fourth-order valence-corrected chi connectivity index (χ4v) is 3.67. The molecule has 136 valence electrons. The molecule has 0 bridgehead atoms. The molecule has 0 radical (unpaired) electrons. The molecule has 0 saturated heterocycles. The smallest absolute Gasteiger partial charge is 0.146 e. The average Bonchev–Trinajstić information content (AvgIpc) is 3.21. The molecular formula is C24H17ClN2O. The molecule has 0 amide bonds. The molecule has 0 fully saturated rings. The van der Waals surface area contributed by atoms with Crippen LogP contribution >= 0.6 is 11.6 Å². The van der Waals surface area contributed by atoms with Crippen LogP contribution in [-0.4, -0.2) is 9.61 Å². The number of aromatic nitrogens is 2. The van der Waals surface area contributed by atoms with Crippen LogP contribution in [0.1, 0.15) is 5.56 Å². The monoisotopic (exact) mass is 384 g/mol. The van der Waals surface area contributed by atoms with Crippen LogP contribution in [0.5, 0.6) is 5.75 Å². The Morgan fingerprint density at radius 3 is 2.54 bits per heavy atom. The lowest BCUT2D eigenvalue weighted by molar-refractivity contribution is 0.308. The Bertz CT molecular complexity index is 1280. The second kappa shape index (κ2) is 7.02. The highest BCUT2D eigenvalue weighted by atomic mass is 35.5. The molecule has 0 N–H and O–H groups in total. The van der Waals surface area contributed by atoms with Crippen LogP contribution in [0.4, 0.5) is 0 Å². The Hall–Kier alpha value is -3.30. The van der Waals surface area contributed by atoms with E-state index in [0.29, 0.717) is 6.61 Å². The van der Waals surface area contributed by atoms with Crippen LogP contribution in [0.3, 0.4) is 0 Å². The summed E-state index contributed by atoms with van der Waals surface area (Å²) in [4.78, 5) is 0. The summed E-state index contributed by atoms with van der Waals surface area (Å²) in [6, 6.07) is 26.5. The minimum Gasteiger partial charge on any atom is -0.487 e. The molecule has 5 aromatic rings. The van der Waals surface area contributed by atoms with Crippen LogP contribution in [0.2, 0.25) is 5.02 Å². The predicted octanol–water partition coefficient (Wildman–Crippen LogP) is 6.39. The SMILES string of the molecule is Clc1cccc(-c2ccc3c(OCc4ccccc4)cn4nccc4c3c2)c1. The zero-order chi connectivity index (χ0) is 18.9. The zero-order valence-electron chi connectivity index (χ0n) is 15.0. The van der Waals surface area contributed by atoms with E-state index in [1.165, 1.54) is 0 Å². The first-order chi connectivity index (χ1) is 13.8. The number of pyridine rings is 1. The number of fused-ring (bicyclic) bond motifs is 3. The van der Waals surface area contributed by atoms with E-state index in [1.54, 1.807) is 0 Å². The molecule has 0 aliphatic carbocycles. The molecule has 4 heteroatoms. The number of halogens is 1. The largest absolute Gasteiger partial charge is 0.487 e. The number of benzene rings is 3. The topological polar surface area (TPSA) is 26.5 Å². The standard InChI is InChI=1S/C24H17ClN2O/c25-20-8-4-7-18(13-20)19-9-10-21-22(14-19)23-11-12-26-27(23)15-24(21)28-16-17-5-2-1-3-6-17/h1-15H,16H2. The summed E-state index contributed by atoms with van der Waals surface area (Å²) in [5.41, 5.74) is 4.37. The van der Waals surface area contributed by atoms with Crippen LogP contribution < -0.4 is 4.74 Å². The number of hydrogen-bond donors (Lipinski definition) is 0. The summed E-state index contributed by atoms with van der Waals surface area (Å²) in [7, 11) is 0. The summed E-state index contributed by atoms with van der Waals surface area (Å²) in [5.74, 6) is 0.813. The summed E-state index contributed by atoms with van der Waals surface area (Å²) >= 11 is 6.18. The third-order valence-electron chi connectivity index (χ3n) is 4.87. The lowest BCUT2D eigenvalue weighted by atomic mass is 10.0. The first-order valence-corrected chi connectivity index (χ1v) is 9.48. The Morgan fingerprint density at radius 1 is 0.821 bits per heavy atom. The van der Waals surface area contributed by atoms with Crippen LogP contribution in [0.25, 0.3) is 27.4 Å². The van der Waals surface area contributed by atoms with Crippen molar-refractivity contribution in [1.82, 2.24) is 9.61 Å². The molecular weight excluding hydrogens is 368 g/mol. The van der Waals surface area contributed by atoms with Gasteiger partial charge in [-0.2, -0.15) is 5.10 Å². The summed E-state index contributed by atoms with van der Waals surface area (Å²) in [6.45, 7) is 0.513. The minimum atomic E-state index is 0.513. The van der Waals surface area contributed by atoms with E-state index in [9.17, 15) is 0 Å². The van der Waals surface area contributed by atoms with E-state index >= 15 is 0 Å². The van der Waals surface area contributed by atoms with E-state index in [2.05, 4.69) is 41.5 Å². The van der Waals surface area contributed by atoms with Gasteiger partial charge in [-0.25, -0.2) is 4.52 Å².